The van der Waals surface area contributed by atoms with Crippen LogP contribution in [0.1, 0.15) is 12.0 Å². The van der Waals surface area contributed by atoms with E-state index in [1.165, 1.54) is 16.7 Å². The largest absolute Gasteiger partial charge is 1.00 e. The van der Waals surface area contributed by atoms with E-state index >= 15 is 0 Å². The van der Waals surface area contributed by atoms with Gasteiger partial charge in [-0.05, 0) is 24.1 Å². The maximum Gasteiger partial charge on any atom is 1.00 e. The number of amides is 1. The molecule has 9 heteroatoms. The Balaban J connectivity index is 0.00000208. The molecule has 6 nitrogen and oxygen atoms in total. The number of nitrogens with zero attached hydrogens (tertiary/aromatic N) is 1. The number of thioether (sulfide) groups is 1. The number of rotatable bonds is 5. The molecule has 1 amide bonds. The van der Waals surface area contributed by atoms with E-state index in [1.807, 2.05) is 0 Å². The zero-order chi connectivity index (χ0) is 16.7. The van der Waals surface area contributed by atoms with E-state index in [4.69, 9.17) is 5.11 Å². The van der Waals surface area contributed by atoms with Gasteiger partial charge in [-0.2, -0.15) is 0 Å². The predicted octanol–water partition coefficient (Wildman–Crippen LogP) is -3.24. The number of fused-ring (bicyclic) bond motifs is 1. The van der Waals surface area contributed by atoms with E-state index in [0.29, 0.717) is 21.8 Å². The van der Waals surface area contributed by atoms with E-state index in [-0.39, 0.29) is 80.9 Å². The molecule has 0 aromatic heterocycles. The summed E-state index contributed by atoms with van der Waals surface area (Å²) in [5, 5.41) is 20.2. The summed E-state index contributed by atoms with van der Waals surface area (Å²) in [5.74, 6) is -2.10. The third-order valence-corrected chi connectivity index (χ3v) is 6.27. The molecule has 24 heavy (non-hydrogen) atoms. The van der Waals surface area contributed by atoms with Crippen molar-refractivity contribution in [2.45, 2.75) is 16.7 Å². The molecule has 1 aromatic carbocycles. The van der Waals surface area contributed by atoms with Gasteiger partial charge in [-0.25, -0.2) is 0 Å². The van der Waals surface area contributed by atoms with Crippen LogP contribution in [0.15, 0.2) is 34.9 Å². The van der Waals surface area contributed by atoms with Crippen LogP contribution < -0.4 is 56.5 Å². The molecule has 0 radical (unpaired) electrons. The van der Waals surface area contributed by atoms with Crippen molar-refractivity contribution in [3.05, 3.63) is 35.5 Å². The number of hydrogen-bond donors (Lipinski definition) is 1. The Labute approximate surface area is 188 Å². The Morgan fingerprint density at radius 2 is 2.17 bits per heavy atom. The summed E-state index contributed by atoms with van der Waals surface area (Å²) in [5.41, 5.74) is 0.463. The summed E-state index contributed by atoms with van der Waals surface area (Å²) < 4.78 is 11.6. The van der Waals surface area contributed by atoms with Crippen molar-refractivity contribution in [1.82, 2.24) is 4.90 Å². The number of β-lactam (4-membered cyclic amide) rings is 1. The number of carbonyl (C=O) groups excluding carboxylic acids is 2. The maximum atomic E-state index is 12.1. The van der Waals surface area contributed by atoms with Crippen LogP contribution in [0.2, 0.25) is 0 Å². The smallest absolute Gasteiger partial charge is 0.543 e. The summed E-state index contributed by atoms with van der Waals surface area (Å²) in [6, 6.07) is 6.79. The second kappa shape index (κ2) is 8.13. The summed E-state index contributed by atoms with van der Waals surface area (Å²) in [6.07, 6.45) is 1.85. The van der Waals surface area contributed by atoms with Gasteiger partial charge in [0.2, 0.25) is 5.91 Å². The zero-order valence-corrected chi connectivity index (χ0v) is 18.0. The van der Waals surface area contributed by atoms with Gasteiger partial charge >= 0.3 is 51.4 Å². The van der Waals surface area contributed by atoms with Gasteiger partial charge in [0.05, 0.1) is 23.0 Å². The third-order valence-electron chi connectivity index (χ3n) is 3.91. The Bertz CT molecular complexity index is 751. The van der Waals surface area contributed by atoms with E-state index in [0.717, 1.165) is 0 Å². The number of aliphatic carboxylic acids is 1. The molecular formula is C15H14KNO5S2. The van der Waals surface area contributed by atoms with Crippen LogP contribution in [-0.2, 0) is 20.4 Å². The SMILES string of the molecule is CS(=O)c1cccc(C2=C(C(=O)[O-])N3C(=O)[C@H](CCO)[C@H]3S2)c1.[K+]. The standard InChI is InChI=1S/C15H15NO5S2.K/c1-23(21)9-4-2-3-8(7-9)12-11(15(19)20)16-13(18)10(5-6-17)14(16)22-12;/h2-4,7,10,14,17H,5-6H2,1H3,(H,19,20);/q;+1/p-1/t10-,14+,23?;/m0./s1. The van der Waals surface area contributed by atoms with Crippen molar-refractivity contribution in [2.24, 2.45) is 5.92 Å². The topological polar surface area (TPSA) is 97.7 Å². The minimum absolute atomic E-state index is 0. The number of carbonyl (C=O) groups is 2. The summed E-state index contributed by atoms with van der Waals surface area (Å²) in [6.45, 7) is -0.123. The molecule has 0 spiro atoms. The molecule has 3 atom stereocenters. The molecule has 0 aliphatic carbocycles. The molecule has 1 aromatic rings. The van der Waals surface area contributed by atoms with Crippen LogP contribution in [-0.4, -0.2) is 44.3 Å². The van der Waals surface area contributed by atoms with Crippen LogP contribution >= 0.6 is 11.8 Å². The van der Waals surface area contributed by atoms with Crippen molar-refractivity contribution in [3.63, 3.8) is 0 Å². The van der Waals surface area contributed by atoms with E-state index in [1.54, 1.807) is 30.5 Å². The van der Waals surface area contributed by atoms with Gasteiger partial charge in [0.25, 0.3) is 0 Å². The second-order valence-corrected chi connectivity index (χ2v) is 7.79. The molecule has 1 saturated heterocycles. The fraction of sp³-hybridized carbons (Fsp3) is 0.333. The minimum atomic E-state index is -1.41. The molecule has 2 aliphatic rings. The third kappa shape index (κ3) is 3.45. The van der Waals surface area contributed by atoms with Gasteiger partial charge in [0.1, 0.15) is 0 Å². The van der Waals surface area contributed by atoms with Crippen molar-refractivity contribution in [2.75, 3.05) is 12.9 Å². The van der Waals surface area contributed by atoms with Gasteiger partial charge in [0, 0.05) is 33.5 Å². The average molecular weight is 392 g/mol. The maximum absolute atomic E-state index is 12.1. The molecule has 3 rings (SSSR count). The quantitative estimate of drug-likeness (QED) is 0.419. The average Bonchev–Trinajstić information content (AvgIpc) is 2.89. The monoisotopic (exact) mass is 391 g/mol. The fourth-order valence-corrected chi connectivity index (χ4v) is 4.89. The van der Waals surface area contributed by atoms with Crippen molar-refractivity contribution < 1.29 is 75.4 Å². The summed E-state index contributed by atoms with van der Waals surface area (Å²) >= 11 is 1.28. The van der Waals surface area contributed by atoms with E-state index < -0.39 is 16.8 Å². The number of carboxylic acid groups (broad SMARTS) is 1. The van der Waals surface area contributed by atoms with Crippen LogP contribution in [0, 0.1) is 5.92 Å². The Kier molecular flexibility index (Phi) is 6.88. The molecule has 2 aliphatic heterocycles. The number of carboxylic acids is 1. The first-order chi connectivity index (χ1) is 11.0. The Hall–Kier alpha value is -0.00364. The molecule has 1 unspecified atom stereocenters. The molecular weight excluding hydrogens is 377 g/mol. The molecule has 2 heterocycles. The molecule has 0 bridgehead atoms. The Morgan fingerprint density at radius 3 is 2.75 bits per heavy atom. The normalized spacial score (nSPS) is 23.4. The first kappa shape index (κ1) is 20.3. The number of aliphatic hydroxyl groups is 1. The zero-order valence-electron chi connectivity index (χ0n) is 13.2. The van der Waals surface area contributed by atoms with Crippen LogP contribution in [0.5, 0.6) is 0 Å². The molecule has 122 valence electrons. The van der Waals surface area contributed by atoms with Crippen molar-refractivity contribution in [3.8, 4) is 0 Å². The number of benzene rings is 1. The predicted molar refractivity (Wildman–Crippen MR) is 84.1 cm³/mol. The molecule has 1 fully saturated rings. The van der Waals surface area contributed by atoms with Crippen LogP contribution in [0.3, 0.4) is 0 Å². The van der Waals surface area contributed by atoms with E-state index in [9.17, 15) is 18.9 Å². The first-order valence-electron chi connectivity index (χ1n) is 6.95. The van der Waals surface area contributed by atoms with Crippen LogP contribution in [0.25, 0.3) is 4.91 Å². The van der Waals surface area contributed by atoms with Gasteiger partial charge < -0.3 is 15.0 Å². The second-order valence-electron chi connectivity index (χ2n) is 5.28. The first-order valence-corrected chi connectivity index (χ1v) is 9.39. The fourth-order valence-electron chi connectivity index (χ4n) is 2.80. The summed E-state index contributed by atoms with van der Waals surface area (Å²) in [4.78, 5) is 25.9. The molecule has 1 N–H and O–H groups in total. The molecule has 0 saturated carbocycles. The van der Waals surface area contributed by atoms with Crippen molar-refractivity contribution in [1.29, 1.82) is 0 Å². The Morgan fingerprint density at radius 1 is 1.46 bits per heavy atom. The van der Waals surface area contributed by atoms with Gasteiger partial charge in [-0.15, -0.1) is 0 Å². The van der Waals surface area contributed by atoms with Gasteiger partial charge in [-0.3, -0.25) is 13.9 Å². The number of hydrogen-bond acceptors (Lipinski definition) is 6. The minimum Gasteiger partial charge on any atom is -0.543 e. The van der Waals surface area contributed by atoms with Gasteiger partial charge in [-0.1, -0.05) is 23.9 Å². The van der Waals surface area contributed by atoms with E-state index in [2.05, 4.69) is 0 Å². The summed E-state index contributed by atoms with van der Waals surface area (Å²) in [7, 11) is -1.19. The van der Waals surface area contributed by atoms with Crippen LogP contribution in [0.4, 0.5) is 0 Å². The van der Waals surface area contributed by atoms with Crippen molar-refractivity contribution >= 4 is 39.3 Å². The number of aliphatic hydroxyl groups excluding tert-OH is 1. The van der Waals surface area contributed by atoms with Gasteiger partial charge in [0.15, 0.2) is 0 Å².